The molecule has 0 aromatic rings. The van der Waals surface area contributed by atoms with E-state index in [4.69, 9.17) is 0 Å². The molecule has 2 aliphatic rings. The zero-order valence-electron chi connectivity index (χ0n) is 9.96. The second-order valence-electron chi connectivity index (χ2n) is 3.83. The Morgan fingerprint density at radius 3 is 1.26 bits per heavy atom. The normalized spacial score (nSPS) is 17.7. The van der Waals surface area contributed by atoms with Crippen molar-refractivity contribution in [1.82, 2.24) is 9.80 Å². The number of nitrogens with zero attached hydrogens (tertiary/aromatic N) is 2. The van der Waals surface area contributed by atoms with Crippen molar-refractivity contribution in [2.75, 3.05) is 13.1 Å². The van der Waals surface area contributed by atoms with Crippen LogP contribution in [0.25, 0.3) is 0 Å². The van der Waals surface area contributed by atoms with Crippen LogP contribution in [0, 0.1) is 0 Å². The van der Waals surface area contributed by atoms with Crippen molar-refractivity contribution < 1.29 is 46.5 Å². The summed E-state index contributed by atoms with van der Waals surface area (Å²) in [4.78, 5) is 42.5. The minimum atomic E-state index is -1.38. The molecule has 4 amide bonds. The van der Waals surface area contributed by atoms with Crippen LogP contribution in [0.1, 0.15) is 25.7 Å². The number of carbonyl (C=O) groups is 4. The number of hydrogen-bond acceptors (Lipinski definition) is 6. The van der Waals surface area contributed by atoms with E-state index in [-0.39, 0.29) is 28.9 Å². The Hall–Kier alpha value is -1.60. The third-order valence-electron chi connectivity index (χ3n) is 2.59. The average Bonchev–Trinajstić information content (AvgIpc) is 2.87. The second kappa shape index (κ2) is 7.75. The van der Waals surface area contributed by atoms with Gasteiger partial charge < -0.3 is 19.8 Å². The number of hydrogen-bond donors (Lipinski definition) is 0. The van der Waals surface area contributed by atoms with Crippen LogP contribution in [-0.4, -0.2) is 46.9 Å². The van der Waals surface area contributed by atoms with Crippen molar-refractivity contribution in [2.24, 2.45) is 0 Å². The maximum absolute atomic E-state index is 10.5. The van der Waals surface area contributed by atoms with Gasteiger partial charge in [-0.3, -0.25) is 19.4 Å². The molecule has 0 unspecified atom stereocenters. The first kappa shape index (κ1) is 17.4. The SMILES string of the molecule is O=C([O-])N1CCCC1=O.O=C([O-])N1CCCC1=O.[Mn+2]. The topological polar surface area (TPSA) is 121 Å². The number of likely N-dealkylation sites (tertiary alicyclic amines) is 2. The molecular formula is C10H12MnN2O6. The number of carbonyl (C=O) groups excluding carboxylic acids is 4. The molecule has 0 saturated carbocycles. The van der Waals surface area contributed by atoms with Gasteiger partial charge in [0.2, 0.25) is 11.8 Å². The summed E-state index contributed by atoms with van der Waals surface area (Å²) in [5.74, 6) is -0.676. The molecule has 2 aliphatic heterocycles. The molecular weight excluding hydrogens is 299 g/mol. The summed E-state index contributed by atoms with van der Waals surface area (Å²) in [6, 6.07) is 0. The average molecular weight is 311 g/mol. The zero-order valence-corrected chi connectivity index (χ0v) is 11.1. The number of rotatable bonds is 0. The van der Waals surface area contributed by atoms with Gasteiger partial charge in [-0.1, -0.05) is 0 Å². The van der Waals surface area contributed by atoms with E-state index in [9.17, 15) is 29.4 Å². The van der Waals surface area contributed by atoms with Crippen molar-refractivity contribution >= 4 is 24.0 Å². The smallest absolute Gasteiger partial charge is 0.530 e. The summed E-state index contributed by atoms with van der Waals surface area (Å²) in [5, 5.41) is 20.0. The molecule has 2 fully saturated rings. The Morgan fingerprint density at radius 2 is 1.16 bits per heavy atom. The Morgan fingerprint density at radius 1 is 0.842 bits per heavy atom. The van der Waals surface area contributed by atoms with E-state index in [1.54, 1.807) is 0 Å². The first-order chi connectivity index (χ1) is 8.43. The first-order valence-corrected chi connectivity index (χ1v) is 5.46. The van der Waals surface area contributed by atoms with Crippen LogP contribution >= 0.6 is 0 Å². The third-order valence-corrected chi connectivity index (χ3v) is 2.59. The molecule has 0 aromatic heterocycles. The molecule has 8 nitrogen and oxygen atoms in total. The summed E-state index contributed by atoms with van der Waals surface area (Å²) in [6.45, 7) is 0.613. The fourth-order valence-corrected chi connectivity index (χ4v) is 1.68. The molecule has 9 heteroatoms. The molecule has 2 heterocycles. The molecule has 0 aromatic carbocycles. The van der Waals surface area contributed by atoms with Gasteiger partial charge in [0.15, 0.2) is 0 Å². The van der Waals surface area contributed by atoms with Crippen molar-refractivity contribution in [3.05, 3.63) is 0 Å². The van der Waals surface area contributed by atoms with Gasteiger partial charge in [-0.2, -0.15) is 0 Å². The number of amides is 4. The van der Waals surface area contributed by atoms with Gasteiger partial charge in [0.05, 0.1) is 0 Å². The molecule has 0 aliphatic carbocycles. The van der Waals surface area contributed by atoms with Gasteiger partial charge in [-0.25, -0.2) is 0 Å². The summed E-state index contributed by atoms with van der Waals surface area (Å²) in [5.41, 5.74) is 0. The van der Waals surface area contributed by atoms with Crippen LogP contribution in [0.15, 0.2) is 0 Å². The van der Waals surface area contributed by atoms with Crippen LogP contribution < -0.4 is 10.2 Å². The van der Waals surface area contributed by atoms with Crippen LogP contribution in [-0.2, 0) is 26.7 Å². The Kier molecular flexibility index (Phi) is 7.10. The van der Waals surface area contributed by atoms with Gasteiger partial charge >= 0.3 is 17.1 Å². The van der Waals surface area contributed by atoms with Crippen LogP contribution in [0.2, 0.25) is 0 Å². The largest absolute Gasteiger partial charge is 2.00 e. The van der Waals surface area contributed by atoms with Crippen molar-refractivity contribution in [3.63, 3.8) is 0 Å². The monoisotopic (exact) mass is 311 g/mol. The van der Waals surface area contributed by atoms with E-state index in [1.807, 2.05) is 0 Å². The second-order valence-corrected chi connectivity index (χ2v) is 3.83. The maximum Gasteiger partial charge on any atom is 2.00 e. The number of imide groups is 2. The predicted octanol–water partition coefficient (Wildman–Crippen LogP) is -2.10. The quantitative estimate of drug-likeness (QED) is 0.473. The Balaban J connectivity index is 0.000000324. The van der Waals surface area contributed by atoms with E-state index >= 15 is 0 Å². The molecule has 0 N–H and O–H groups in total. The van der Waals surface area contributed by atoms with Crippen LogP contribution in [0.3, 0.4) is 0 Å². The molecule has 1 radical (unpaired) electrons. The molecule has 19 heavy (non-hydrogen) atoms. The number of carboxylic acid groups (broad SMARTS) is 2. The van der Waals surface area contributed by atoms with Crippen molar-refractivity contribution in [2.45, 2.75) is 25.7 Å². The van der Waals surface area contributed by atoms with Gasteiger partial charge in [0.1, 0.15) is 12.2 Å². The van der Waals surface area contributed by atoms with E-state index in [2.05, 4.69) is 0 Å². The first-order valence-electron chi connectivity index (χ1n) is 5.46. The molecule has 2 rings (SSSR count). The fourth-order valence-electron chi connectivity index (χ4n) is 1.68. The van der Waals surface area contributed by atoms with E-state index in [0.29, 0.717) is 38.8 Å². The van der Waals surface area contributed by atoms with E-state index in [0.717, 1.165) is 9.80 Å². The summed E-state index contributed by atoms with van der Waals surface area (Å²) >= 11 is 0. The van der Waals surface area contributed by atoms with Crippen LogP contribution in [0.5, 0.6) is 0 Å². The molecule has 0 atom stereocenters. The molecule has 0 spiro atoms. The van der Waals surface area contributed by atoms with Crippen molar-refractivity contribution in [3.8, 4) is 0 Å². The third kappa shape index (κ3) is 4.88. The van der Waals surface area contributed by atoms with Crippen LogP contribution in [0.4, 0.5) is 9.59 Å². The summed E-state index contributed by atoms with van der Waals surface area (Å²) in [7, 11) is 0. The molecule has 0 bridgehead atoms. The Labute approximate surface area is 119 Å². The van der Waals surface area contributed by atoms with Gasteiger partial charge in [-0.05, 0) is 12.8 Å². The maximum atomic E-state index is 10.5. The Bertz CT molecular complexity index is 350. The fraction of sp³-hybridized carbons (Fsp3) is 0.600. The van der Waals surface area contributed by atoms with E-state index in [1.165, 1.54) is 0 Å². The zero-order chi connectivity index (χ0) is 13.7. The molecule has 105 valence electrons. The minimum Gasteiger partial charge on any atom is -0.530 e. The predicted molar refractivity (Wildman–Crippen MR) is 52.7 cm³/mol. The minimum absolute atomic E-state index is 0. The standard InChI is InChI=1S/2C5H7NO3.Mn/c2*7-4-2-1-3-6(4)5(8)9;/h2*1-3H2,(H,8,9);/q;;+2/p-2. The summed E-state index contributed by atoms with van der Waals surface area (Å²) < 4.78 is 0. The summed E-state index contributed by atoms with van der Waals surface area (Å²) in [6.07, 6.45) is -0.809. The van der Waals surface area contributed by atoms with Crippen molar-refractivity contribution in [1.29, 1.82) is 0 Å². The molecule has 2 saturated heterocycles. The van der Waals surface area contributed by atoms with Gasteiger partial charge in [0.25, 0.3) is 0 Å². The van der Waals surface area contributed by atoms with Gasteiger partial charge in [-0.15, -0.1) is 0 Å². The van der Waals surface area contributed by atoms with E-state index < -0.39 is 12.2 Å². The van der Waals surface area contributed by atoms with Gasteiger partial charge in [0, 0.05) is 25.9 Å².